The predicted molar refractivity (Wildman–Crippen MR) is 43.3 cm³/mol. The van der Waals surface area contributed by atoms with Crippen LogP contribution in [-0.2, 0) is 11.2 Å². The van der Waals surface area contributed by atoms with Crippen LogP contribution < -0.4 is 0 Å². The molecule has 64 valence electrons. The van der Waals surface area contributed by atoms with Crippen LogP contribution >= 0.6 is 0 Å². The number of ketones is 1. The fourth-order valence-electron chi connectivity index (χ4n) is 0.954. The van der Waals surface area contributed by atoms with E-state index >= 15 is 0 Å². The molecule has 1 aromatic rings. The molecule has 0 N–H and O–H groups in total. The molecule has 0 aliphatic carbocycles. The first-order chi connectivity index (χ1) is 5.59. The van der Waals surface area contributed by atoms with Gasteiger partial charge in [-0.2, -0.15) is 4.39 Å². The molecule has 0 saturated heterocycles. The van der Waals surface area contributed by atoms with E-state index in [-0.39, 0.29) is 12.2 Å². The van der Waals surface area contributed by atoms with Gasteiger partial charge in [-0.05, 0) is 19.9 Å². The van der Waals surface area contributed by atoms with E-state index in [1.807, 2.05) is 0 Å². The predicted octanol–water partition coefficient (Wildman–Crippen LogP) is 1.66. The third-order valence-corrected chi connectivity index (χ3v) is 1.50. The molecule has 0 spiro atoms. The molecule has 3 heteroatoms. The summed E-state index contributed by atoms with van der Waals surface area (Å²) in [4.78, 5) is 14.3. The molecule has 0 bridgehead atoms. The molecule has 0 unspecified atom stereocenters. The van der Waals surface area contributed by atoms with Gasteiger partial charge in [0, 0.05) is 17.7 Å². The van der Waals surface area contributed by atoms with Crippen LogP contribution in [0.3, 0.4) is 0 Å². The van der Waals surface area contributed by atoms with Gasteiger partial charge in [-0.3, -0.25) is 4.79 Å². The van der Waals surface area contributed by atoms with Crippen LogP contribution in [0.25, 0.3) is 0 Å². The van der Waals surface area contributed by atoms with Crippen LogP contribution in [-0.4, -0.2) is 10.8 Å². The summed E-state index contributed by atoms with van der Waals surface area (Å²) in [6, 6.07) is 3.29. The van der Waals surface area contributed by atoms with E-state index in [0.29, 0.717) is 11.3 Å². The molecular formula is C9H10FNO. The molecule has 0 radical (unpaired) electrons. The van der Waals surface area contributed by atoms with Crippen molar-refractivity contribution in [3.05, 3.63) is 29.3 Å². The van der Waals surface area contributed by atoms with E-state index < -0.39 is 5.95 Å². The normalized spacial score (nSPS) is 9.92. The Labute approximate surface area is 70.4 Å². The second kappa shape index (κ2) is 3.43. The van der Waals surface area contributed by atoms with Crippen molar-refractivity contribution in [1.82, 2.24) is 4.98 Å². The number of hydrogen-bond donors (Lipinski definition) is 0. The Morgan fingerprint density at radius 2 is 2.25 bits per heavy atom. The summed E-state index contributed by atoms with van der Waals surface area (Å²) in [6.07, 6.45) is 0.124. The highest BCUT2D eigenvalue weighted by Gasteiger charge is 2.05. The minimum atomic E-state index is -0.537. The maximum absolute atomic E-state index is 12.9. The molecular weight excluding hydrogens is 157 g/mol. The number of nitrogens with zero attached hydrogens (tertiary/aromatic N) is 1. The van der Waals surface area contributed by atoms with E-state index in [2.05, 4.69) is 4.98 Å². The summed E-state index contributed by atoms with van der Waals surface area (Å²) >= 11 is 0. The molecule has 1 heterocycles. The van der Waals surface area contributed by atoms with Gasteiger partial charge in [-0.1, -0.05) is 6.07 Å². The quantitative estimate of drug-likeness (QED) is 0.627. The van der Waals surface area contributed by atoms with Crippen LogP contribution in [0, 0.1) is 12.9 Å². The number of rotatable bonds is 2. The molecule has 0 saturated carbocycles. The summed E-state index contributed by atoms with van der Waals surface area (Å²) in [5, 5.41) is 0. The van der Waals surface area contributed by atoms with Crippen molar-refractivity contribution in [2.75, 3.05) is 0 Å². The molecule has 0 fully saturated rings. The van der Waals surface area contributed by atoms with Gasteiger partial charge in [-0.15, -0.1) is 0 Å². The second-order valence-corrected chi connectivity index (χ2v) is 2.78. The number of aryl methyl sites for hydroxylation is 1. The van der Waals surface area contributed by atoms with Gasteiger partial charge < -0.3 is 0 Å². The van der Waals surface area contributed by atoms with Crippen molar-refractivity contribution in [1.29, 1.82) is 0 Å². The van der Waals surface area contributed by atoms with Crippen LogP contribution in [0.1, 0.15) is 18.2 Å². The van der Waals surface area contributed by atoms with Gasteiger partial charge >= 0.3 is 0 Å². The monoisotopic (exact) mass is 167 g/mol. The third kappa shape index (κ3) is 2.12. The maximum atomic E-state index is 12.9. The van der Waals surface area contributed by atoms with Crippen molar-refractivity contribution in [2.24, 2.45) is 0 Å². The number of pyridine rings is 1. The lowest BCUT2D eigenvalue weighted by Gasteiger charge is -1.99. The van der Waals surface area contributed by atoms with E-state index in [1.165, 1.54) is 6.92 Å². The summed E-state index contributed by atoms with van der Waals surface area (Å²) in [5.74, 6) is -0.593. The Morgan fingerprint density at radius 1 is 1.58 bits per heavy atom. The standard InChI is InChI=1S/C9H10FNO/c1-6-3-4-8(5-7(2)12)9(10)11-6/h3-4H,5H2,1-2H3. The Morgan fingerprint density at radius 3 is 2.75 bits per heavy atom. The van der Waals surface area contributed by atoms with E-state index in [4.69, 9.17) is 0 Å². The first-order valence-electron chi connectivity index (χ1n) is 3.71. The largest absolute Gasteiger partial charge is 0.300 e. The number of carbonyl (C=O) groups is 1. The molecule has 0 amide bonds. The zero-order valence-electron chi connectivity index (χ0n) is 7.10. The van der Waals surface area contributed by atoms with Gasteiger partial charge in [0.25, 0.3) is 0 Å². The molecule has 0 atom stereocenters. The summed E-state index contributed by atoms with van der Waals surface area (Å²) in [6.45, 7) is 3.14. The Bertz CT molecular complexity index is 309. The van der Waals surface area contributed by atoms with Gasteiger partial charge in [0.15, 0.2) is 0 Å². The number of Topliss-reactive ketones (excluding diaryl/α,β-unsaturated/α-hetero) is 1. The number of halogens is 1. The number of carbonyl (C=O) groups excluding carboxylic acids is 1. The summed E-state index contributed by atoms with van der Waals surface area (Å²) in [7, 11) is 0. The summed E-state index contributed by atoms with van der Waals surface area (Å²) in [5.41, 5.74) is 0.993. The molecule has 2 nitrogen and oxygen atoms in total. The minimum Gasteiger partial charge on any atom is -0.300 e. The van der Waals surface area contributed by atoms with Crippen molar-refractivity contribution in [2.45, 2.75) is 20.3 Å². The Kier molecular flexibility index (Phi) is 2.53. The van der Waals surface area contributed by atoms with Crippen LogP contribution in [0.4, 0.5) is 4.39 Å². The fraction of sp³-hybridized carbons (Fsp3) is 0.333. The highest BCUT2D eigenvalue weighted by atomic mass is 19.1. The Balaban J connectivity index is 2.93. The van der Waals surface area contributed by atoms with Crippen LogP contribution in [0.15, 0.2) is 12.1 Å². The van der Waals surface area contributed by atoms with Crippen molar-refractivity contribution in [3.8, 4) is 0 Å². The third-order valence-electron chi connectivity index (χ3n) is 1.50. The SMILES string of the molecule is CC(=O)Cc1ccc(C)nc1F. The highest BCUT2D eigenvalue weighted by Crippen LogP contribution is 2.06. The maximum Gasteiger partial charge on any atom is 0.216 e. The molecule has 0 aliphatic rings. The topological polar surface area (TPSA) is 30.0 Å². The van der Waals surface area contributed by atoms with Gasteiger partial charge in [0.05, 0.1) is 0 Å². The van der Waals surface area contributed by atoms with Gasteiger partial charge in [0.2, 0.25) is 5.95 Å². The molecule has 0 aliphatic heterocycles. The van der Waals surface area contributed by atoms with Crippen molar-refractivity contribution in [3.63, 3.8) is 0 Å². The average molecular weight is 167 g/mol. The first kappa shape index (κ1) is 8.84. The zero-order chi connectivity index (χ0) is 9.14. The molecule has 12 heavy (non-hydrogen) atoms. The Hall–Kier alpha value is -1.25. The lowest BCUT2D eigenvalue weighted by molar-refractivity contribution is -0.116. The number of hydrogen-bond acceptors (Lipinski definition) is 2. The first-order valence-corrected chi connectivity index (χ1v) is 3.71. The lowest BCUT2D eigenvalue weighted by atomic mass is 10.1. The lowest BCUT2D eigenvalue weighted by Crippen LogP contribution is -2.01. The minimum absolute atomic E-state index is 0.0560. The smallest absolute Gasteiger partial charge is 0.216 e. The highest BCUT2D eigenvalue weighted by molar-refractivity contribution is 5.78. The zero-order valence-corrected chi connectivity index (χ0v) is 7.10. The summed E-state index contributed by atoms with van der Waals surface area (Å²) < 4.78 is 12.9. The van der Waals surface area contributed by atoms with Crippen LogP contribution in [0.2, 0.25) is 0 Å². The molecule has 1 aromatic heterocycles. The van der Waals surface area contributed by atoms with E-state index in [9.17, 15) is 9.18 Å². The van der Waals surface area contributed by atoms with Crippen molar-refractivity contribution < 1.29 is 9.18 Å². The molecule has 1 rings (SSSR count). The van der Waals surface area contributed by atoms with Crippen LogP contribution in [0.5, 0.6) is 0 Å². The fourth-order valence-corrected chi connectivity index (χ4v) is 0.954. The number of aromatic nitrogens is 1. The van der Waals surface area contributed by atoms with Crippen molar-refractivity contribution >= 4 is 5.78 Å². The second-order valence-electron chi connectivity index (χ2n) is 2.78. The van der Waals surface area contributed by atoms with E-state index in [1.54, 1.807) is 19.1 Å². The molecule has 0 aromatic carbocycles. The van der Waals surface area contributed by atoms with Gasteiger partial charge in [-0.25, -0.2) is 4.98 Å². The average Bonchev–Trinajstić information content (AvgIpc) is 1.94. The van der Waals surface area contributed by atoms with E-state index in [0.717, 1.165) is 0 Å². The van der Waals surface area contributed by atoms with Gasteiger partial charge in [0.1, 0.15) is 5.78 Å².